The zero-order valence-corrected chi connectivity index (χ0v) is 13.8. The summed E-state index contributed by atoms with van der Waals surface area (Å²) < 4.78 is 12.2. The number of thioether (sulfide) groups is 1. The SMILES string of the molecule is OC[C@H]1SC[C@@H](OCc2ccccc2)[C@@H]1OCc1ccccc1. The van der Waals surface area contributed by atoms with Crippen molar-refractivity contribution in [1.82, 2.24) is 0 Å². The van der Waals surface area contributed by atoms with Crippen LogP contribution in [0.1, 0.15) is 11.1 Å². The summed E-state index contributed by atoms with van der Waals surface area (Å²) in [6.45, 7) is 1.25. The van der Waals surface area contributed by atoms with Crippen LogP contribution in [0.5, 0.6) is 0 Å². The average molecular weight is 330 g/mol. The fraction of sp³-hybridized carbons (Fsp3) is 0.368. The van der Waals surface area contributed by atoms with E-state index >= 15 is 0 Å². The second kappa shape index (κ2) is 8.50. The molecule has 23 heavy (non-hydrogen) atoms. The lowest BCUT2D eigenvalue weighted by Crippen LogP contribution is -2.36. The molecular weight excluding hydrogens is 308 g/mol. The van der Waals surface area contributed by atoms with Gasteiger partial charge in [-0.25, -0.2) is 0 Å². The molecule has 1 heterocycles. The Morgan fingerprint density at radius 1 is 0.870 bits per heavy atom. The maximum Gasteiger partial charge on any atom is 0.0989 e. The van der Waals surface area contributed by atoms with E-state index in [1.54, 1.807) is 11.8 Å². The molecule has 3 nitrogen and oxygen atoms in total. The first-order valence-corrected chi connectivity index (χ1v) is 8.95. The van der Waals surface area contributed by atoms with Crippen molar-refractivity contribution in [3.8, 4) is 0 Å². The van der Waals surface area contributed by atoms with E-state index in [1.165, 1.54) is 0 Å². The highest BCUT2D eigenvalue weighted by atomic mass is 32.2. The molecule has 0 spiro atoms. The Bertz CT molecular complexity index is 576. The summed E-state index contributed by atoms with van der Waals surface area (Å²) in [5, 5.41) is 9.66. The van der Waals surface area contributed by atoms with Crippen LogP contribution in [-0.2, 0) is 22.7 Å². The highest BCUT2D eigenvalue weighted by molar-refractivity contribution is 8.00. The maximum atomic E-state index is 9.58. The van der Waals surface area contributed by atoms with Gasteiger partial charge in [0.1, 0.15) is 0 Å². The average Bonchev–Trinajstić information content (AvgIpc) is 3.02. The summed E-state index contributed by atoms with van der Waals surface area (Å²) >= 11 is 1.73. The summed E-state index contributed by atoms with van der Waals surface area (Å²) in [7, 11) is 0. The molecule has 0 radical (unpaired) electrons. The minimum absolute atomic E-state index is 0.0149. The van der Waals surface area contributed by atoms with Crippen molar-refractivity contribution in [2.75, 3.05) is 12.4 Å². The molecule has 2 aromatic rings. The highest BCUT2D eigenvalue weighted by Gasteiger charge is 2.38. The van der Waals surface area contributed by atoms with Crippen molar-refractivity contribution >= 4 is 11.8 Å². The van der Waals surface area contributed by atoms with Crippen LogP contribution >= 0.6 is 11.8 Å². The van der Waals surface area contributed by atoms with Crippen LogP contribution in [0.25, 0.3) is 0 Å². The molecule has 0 unspecified atom stereocenters. The molecule has 3 rings (SSSR count). The zero-order chi connectivity index (χ0) is 15.9. The minimum Gasteiger partial charge on any atom is -0.395 e. The Labute approximate surface area is 141 Å². The lowest BCUT2D eigenvalue weighted by Gasteiger charge is -2.23. The van der Waals surface area contributed by atoms with E-state index in [1.807, 2.05) is 36.4 Å². The molecule has 1 saturated heterocycles. The van der Waals surface area contributed by atoms with Gasteiger partial charge in [0.2, 0.25) is 0 Å². The normalized spacial score (nSPS) is 24.0. The molecule has 3 atom stereocenters. The second-order valence-electron chi connectivity index (χ2n) is 5.65. The molecule has 0 bridgehead atoms. The summed E-state index contributed by atoms with van der Waals surface area (Å²) in [5.41, 5.74) is 2.30. The van der Waals surface area contributed by atoms with E-state index in [4.69, 9.17) is 9.47 Å². The molecule has 1 aliphatic heterocycles. The molecule has 0 aliphatic carbocycles. The lowest BCUT2D eigenvalue weighted by molar-refractivity contribution is -0.0731. The van der Waals surface area contributed by atoms with Crippen molar-refractivity contribution in [2.45, 2.75) is 30.7 Å². The van der Waals surface area contributed by atoms with Crippen molar-refractivity contribution < 1.29 is 14.6 Å². The van der Waals surface area contributed by atoms with Crippen LogP contribution in [0.4, 0.5) is 0 Å². The Morgan fingerprint density at radius 2 is 1.43 bits per heavy atom. The number of hydrogen-bond donors (Lipinski definition) is 1. The van der Waals surface area contributed by atoms with E-state index < -0.39 is 0 Å². The van der Waals surface area contributed by atoms with Gasteiger partial charge in [0.25, 0.3) is 0 Å². The summed E-state index contributed by atoms with van der Waals surface area (Å²) in [4.78, 5) is 0. The second-order valence-corrected chi connectivity index (χ2v) is 6.92. The Hall–Kier alpha value is -1.33. The van der Waals surface area contributed by atoms with Gasteiger partial charge in [0.15, 0.2) is 0 Å². The van der Waals surface area contributed by atoms with Crippen LogP contribution in [0, 0.1) is 0 Å². The zero-order valence-electron chi connectivity index (χ0n) is 13.0. The quantitative estimate of drug-likeness (QED) is 0.846. The van der Waals surface area contributed by atoms with Gasteiger partial charge in [-0.15, -0.1) is 0 Å². The Balaban J connectivity index is 1.57. The number of hydrogen-bond acceptors (Lipinski definition) is 4. The third-order valence-corrected chi connectivity index (χ3v) is 5.35. The van der Waals surface area contributed by atoms with E-state index in [0.29, 0.717) is 13.2 Å². The first-order valence-electron chi connectivity index (χ1n) is 7.90. The van der Waals surface area contributed by atoms with Crippen LogP contribution in [0.15, 0.2) is 60.7 Å². The molecule has 122 valence electrons. The van der Waals surface area contributed by atoms with Gasteiger partial charge in [-0.05, 0) is 11.1 Å². The molecular formula is C19H22O3S. The fourth-order valence-electron chi connectivity index (χ4n) is 2.71. The molecule has 0 amide bonds. The molecule has 1 fully saturated rings. The van der Waals surface area contributed by atoms with Gasteiger partial charge >= 0.3 is 0 Å². The maximum absolute atomic E-state index is 9.58. The van der Waals surface area contributed by atoms with Crippen molar-refractivity contribution in [3.05, 3.63) is 71.8 Å². The minimum atomic E-state index is -0.0751. The summed E-state index contributed by atoms with van der Waals surface area (Å²) in [6.07, 6.45) is -0.0602. The molecule has 2 aromatic carbocycles. The van der Waals surface area contributed by atoms with Gasteiger partial charge in [-0.1, -0.05) is 60.7 Å². The van der Waals surface area contributed by atoms with E-state index in [2.05, 4.69) is 24.3 Å². The molecule has 0 saturated carbocycles. The van der Waals surface area contributed by atoms with Gasteiger partial charge in [-0.2, -0.15) is 11.8 Å². The lowest BCUT2D eigenvalue weighted by atomic mass is 10.1. The standard InChI is InChI=1S/C19H22O3S/c20-11-18-19(22-13-16-9-5-2-6-10-16)17(14-23-18)21-12-15-7-3-1-4-8-15/h1-10,17-20H,11-14H2/t17-,18-,19+/m1/s1. The van der Waals surface area contributed by atoms with Crippen LogP contribution in [0.2, 0.25) is 0 Å². The van der Waals surface area contributed by atoms with Crippen LogP contribution < -0.4 is 0 Å². The molecule has 0 aromatic heterocycles. The predicted molar refractivity (Wildman–Crippen MR) is 93.4 cm³/mol. The van der Waals surface area contributed by atoms with Gasteiger partial charge in [0.05, 0.1) is 37.3 Å². The topological polar surface area (TPSA) is 38.7 Å². The van der Waals surface area contributed by atoms with Gasteiger partial charge < -0.3 is 14.6 Å². The van der Waals surface area contributed by atoms with E-state index in [9.17, 15) is 5.11 Å². The number of rotatable bonds is 7. The number of benzene rings is 2. The monoisotopic (exact) mass is 330 g/mol. The molecule has 4 heteroatoms. The smallest absolute Gasteiger partial charge is 0.0989 e. The van der Waals surface area contributed by atoms with Gasteiger partial charge in [-0.3, -0.25) is 0 Å². The fourth-order valence-corrected chi connectivity index (χ4v) is 3.98. The summed E-state index contributed by atoms with van der Waals surface area (Å²) in [6, 6.07) is 20.3. The number of aliphatic hydroxyl groups is 1. The van der Waals surface area contributed by atoms with Crippen LogP contribution in [0.3, 0.4) is 0 Å². The van der Waals surface area contributed by atoms with E-state index in [-0.39, 0.29) is 24.1 Å². The van der Waals surface area contributed by atoms with E-state index in [0.717, 1.165) is 16.9 Å². The predicted octanol–water partition coefficient (Wildman–Crippen LogP) is 3.26. The van der Waals surface area contributed by atoms with Crippen molar-refractivity contribution in [2.24, 2.45) is 0 Å². The largest absolute Gasteiger partial charge is 0.395 e. The molecule has 1 N–H and O–H groups in total. The number of aliphatic hydroxyl groups excluding tert-OH is 1. The first-order chi connectivity index (χ1) is 11.4. The Morgan fingerprint density at radius 3 is 2.00 bits per heavy atom. The summed E-state index contributed by atoms with van der Waals surface area (Å²) in [5.74, 6) is 0.859. The third-order valence-electron chi connectivity index (χ3n) is 3.98. The number of ether oxygens (including phenoxy) is 2. The highest BCUT2D eigenvalue weighted by Crippen LogP contribution is 2.32. The Kier molecular flexibility index (Phi) is 6.11. The van der Waals surface area contributed by atoms with Gasteiger partial charge in [0, 0.05) is 5.75 Å². The third kappa shape index (κ3) is 4.58. The van der Waals surface area contributed by atoms with Crippen LogP contribution in [-0.4, -0.2) is 34.9 Å². The van der Waals surface area contributed by atoms with Crippen molar-refractivity contribution in [3.63, 3.8) is 0 Å². The molecule has 1 aliphatic rings. The first kappa shape index (κ1) is 16.5. The van der Waals surface area contributed by atoms with Crippen molar-refractivity contribution in [1.29, 1.82) is 0 Å².